The largest absolute Gasteiger partial charge is 0.368 e. The van der Waals surface area contributed by atoms with Gasteiger partial charge in [-0.2, -0.15) is 5.26 Å². The molecule has 2 heterocycles. The van der Waals surface area contributed by atoms with Gasteiger partial charge < -0.3 is 15.0 Å². The van der Waals surface area contributed by atoms with E-state index in [0.29, 0.717) is 19.7 Å². The van der Waals surface area contributed by atoms with Gasteiger partial charge in [0.25, 0.3) is 0 Å². The van der Waals surface area contributed by atoms with Gasteiger partial charge in [0, 0.05) is 19.2 Å². The van der Waals surface area contributed by atoms with Gasteiger partial charge in [-0.1, -0.05) is 0 Å². The number of halogens is 2. The Morgan fingerprint density at radius 2 is 2.37 bits per heavy atom. The monoisotopic (exact) mass is 268 g/mol. The Morgan fingerprint density at radius 3 is 3.05 bits per heavy atom. The van der Waals surface area contributed by atoms with Crippen molar-refractivity contribution in [2.45, 2.75) is 13.0 Å². The van der Waals surface area contributed by atoms with Gasteiger partial charge in [-0.3, -0.25) is 0 Å². The summed E-state index contributed by atoms with van der Waals surface area (Å²) in [6, 6.07) is 2.77. The summed E-state index contributed by atoms with van der Waals surface area (Å²) in [5.41, 5.74) is 0. The van der Waals surface area contributed by atoms with Gasteiger partial charge in [-0.05, 0) is 6.92 Å². The SMILES string of the molecule is CCNc1nc(N2CCOC(C#N)C2)c(F)cc1F. The summed E-state index contributed by atoms with van der Waals surface area (Å²) in [6.45, 7) is 3.23. The Balaban J connectivity index is 2.28. The zero-order valence-electron chi connectivity index (χ0n) is 10.5. The highest BCUT2D eigenvalue weighted by Crippen LogP contribution is 2.23. The third kappa shape index (κ3) is 2.90. The number of hydrogen-bond acceptors (Lipinski definition) is 5. The van der Waals surface area contributed by atoms with Crippen molar-refractivity contribution in [3.05, 3.63) is 17.7 Å². The van der Waals surface area contributed by atoms with Crippen molar-refractivity contribution in [2.24, 2.45) is 0 Å². The Bertz CT molecular complexity index is 503. The van der Waals surface area contributed by atoms with Crippen LogP contribution < -0.4 is 10.2 Å². The van der Waals surface area contributed by atoms with Gasteiger partial charge in [0.05, 0.1) is 19.2 Å². The molecule has 1 aliphatic rings. The molecule has 0 radical (unpaired) electrons. The van der Waals surface area contributed by atoms with Crippen LogP contribution in [0.5, 0.6) is 0 Å². The van der Waals surface area contributed by atoms with E-state index in [-0.39, 0.29) is 18.2 Å². The topological polar surface area (TPSA) is 61.2 Å². The minimum atomic E-state index is -0.738. The highest BCUT2D eigenvalue weighted by Gasteiger charge is 2.24. The maximum absolute atomic E-state index is 13.8. The number of aromatic nitrogens is 1. The van der Waals surface area contributed by atoms with Crippen LogP contribution in [0, 0.1) is 23.0 Å². The van der Waals surface area contributed by atoms with Crippen molar-refractivity contribution >= 4 is 11.6 Å². The first-order valence-electron chi connectivity index (χ1n) is 6.01. The van der Waals surface area contributed by atoms with E-state index in [4.69, 9.17) is 10.00 Å². The van der Waals surface area contributed by atoms with Crippen molar-refractivity contribution in [3.63, 3.8) is 0 Å². The quantitative estimate of drug-likeness (QED) is 0.900. The number of ether oxygens (including phenoxy) is 1. The van der Waals surface area contributed by atoms with Crippen LogP contribution in [0.3, 0.4) is 0 Å². The average Bonchev–Trinajstić information content (AvgIpc) is 2.42. The number of rotatable bonds is 3. The number of nitriles is 1. The normalized spacial score (nSPS) is 19.1. The molecule has 0 aliphatic carbocycles. The number of hydrogen-bond donors (Lipinski definition) is 1. The van der Waals surface area contributed by atoms with Crippen molar-refractivity contribution < 1.29 is 13.5 Å². The fraction of sp³-hybridized carbons (Fsp3) is 0.500. The molecule has 1 aliphatic heterocycles. The molecule has 0 spiro atoms. The maximum Gasteiger partial charge on any atom is 0.168 e. The lowest BCUT2D eigenvalue weighted by molar-refractivity contribution is 0.0758. The first-order valence-corrected chi connectivity index (χ1v) is 6.01. The highest BCUT2D eigenvalue weighted by molar-refractivity contribution is 5.49. The molecule has 1 atom stereocenters. The summed E-state index contributed by atoms with van der Waals surface area (Å²) < 4.78 is 32.4. The van der Waals surface area contributed by atoms with Crippen molar-refractivity contribution in [2.75, 3.05) is 36.5 Å². The maximum atomic E-state index is 13.8. The van der Waals surface area contributed by atoms with Crippen molar-refractivity contribution in [1.82, 2.24) is 4.98 Å². The lowest BCUT2D eigenvalue weighted by Gasteiger charge is -2.31. The number of nitrogens with one attached hydrogen (secondary N) is 1. The van der Waals surface area contributed by atoms with Gasteiger partial charge in [-0.15, -0.1) is 0 Å². The molecule has 19 heavy (non-hydrogen) atoms. The third-order valence-corrected chi connectivity index (χ3v) is 2.77. The van der Waals surface area contributed by atoms with Gasteiger partial charge >= 0.3 is 0 Å². The molecule has 5 nitrogen and oxygen atoms in total. The van der Waals surface area contributed by atoms with Gasteiger partial charge in [0.1, 0.15) is 0 Å². The molecule has 0 aromatic carbocycles. The molecule has 0 bridgehead atoms. The second-order valence-corrected chi connectivity index (χ2v) is 4.09. The second kappa shape index (κ2) is 5.80. The van der Waals surface area contributed by atoms with Crippen LogP contribution in [0.25, 0.3) is 0 Å². The van der Waals surface area contributed by atoms with E-state index in [1.54, 1.807) is 11.8 Å². The Kier molecular flexibility index (Phi) is 4.12. The van der Waals surface area contributed by atoms with E-state index < -0.39 is 17.7 Å². The van der Waals surface area contributed by atoms with Crippen LogP contribution >= 0.6 is 0 Å². The molecule has 1 unspecified atom stereocenters. The Labute approximate surface area is 109 Å². The molecule has 1 aromatic rings. The molecule has 2 rings (SSSR count). The smallest absolute Gasteiger partial charge is 0.168 e. The summed E-state index contributed by atoms with van der Waals surface area (Å²) in [5.74, 6) is -1.41. The molecule has 1 aromatic heterocycles. The number of morpholine rings is 1. The lowest BCUT2D eigenvalue weighted by atomic mass is 10.2. The number of pyridine rings is 1. The van der Waals surface area contributed by atoms with Crippen LogP contribution in [0.15, 0.2) is 6.07 Å². The predicted octanol–water partition coefficient (Wildman–Crippen LogP) is 1.52. The van der Waals surface area contributed by atoms with Gasteiger partial charge in [-0.25, -0.2) is 13.8 Å². The van der Waals surface area contributed by atoms with E-state index in [0.717, 1.165) is 6.07 Å². The first kappa shape index (κ1) is 13.5. The minimum Gasteiger partial charge on any atom is -0.368 e. The molecule has 1 N–H and O–H groups in total. The van der Waals surface area contributed by atoms with Crippen LogP contribution in [-0.2, 0) is 4.74 Å². The van der Waals surface area contributed by atoms with E-state index in [1.807, 2.05) is 6.07 Å². The summed E-state index contributed by atoms with van der Waals surface area (Å²) in [6.07, 6.45) is -0.623. The molecular weight excluding hydrogens is 254 g/mol. The zero-order valence-corrected chi connectivity index (χ0v) is 10.5. The third-order valence-electron chi connectivity index (χ3n) is 2.77. The Hall–Kier alpha value is -1.94. The Morgan fingerprint density at radius 1 is 1.58 bits per heavy atom. The fourth-order valence-electron chi connectivity index (χ4n) is 1.89. The molecule has 1 fully saturated rings. The predicted molar refractivity (Wildman–Crippen MR) is 65.9 cm³/mol. The van der Waals surface area contributed by atoms with E-state index >= 15 is 0 Å². The minimum absolute atomic E-state index is 0.0129. The molecule has 1 saturated heterocycles. The molecule has 7 heteroatoms. The van der Waals surface area contributed by atoms with Crippen LogP contribution in [-0.4, -0.2) is 37.3 Å². The first-order chi connectivity index (χ1) is 9.15. The fourth-order valence-corrected chi connectivity index (χ4v) is 1.89. The van der Waals surface area contributed by atoms with Crippen molar-refractivity contribution in [3.8, 4) is 6.07 Å². The van der Waals surface area contributed by atoms with Crippen LogP contribution in [0.4, 0.5) is 20.4 Å². The summed E-state index contributed by atoms with van der Waals surface area (Å²) in [4.78, 5) is 5.54. The van der Waals surface area contributed by atoms with Gasteiger partial charge in [0.15, 0.2) is 29.4 Å². The summed E-state index contributed by atoms with van der Waals surface area (Å²) in [7, 11) is 0. The molecule has 0 saturated carbocycles. The molecule has 102 valence electrons. The lowest BCUT2D eigenvalue weighted by Crippen LogP contribution is -2.42. The highest BCUT2D eigenvalue weighted by atomic mass is 19.1. The number of nitrogens with zero attached hydrogens (tertiary/aromatic N) is 3. The number of anilines is 2. The van der Waals surface area contributed by atoms with Crippen LogP contribution in [0.2, 0.25) is 0 Å². The summed E-state index contributed by atoms with van der Waals surface area (Å²) in [5, 5.41) is 11.6. The standard InChI is InChI=1S/C12H14F2N4O/c1-2-16-11-9(13)5-10(14)12(17-11)18-3-4-19-8(6-15)7-18/h5,8H,2-4,7H2,1H3,(H,16,17). The summed E-state index contributed by atoms with van der Waals surface area (Å²) >= 11 is 0. The molecule has 0 amide bonds. The average molecular weight is 268 g/mol. The van der Waals surface area contributed by atoms with Crippen LogP contribution in [0.1, 0.15) is 6.92 Å². The second-order valence-electron chi connectivity index (χ2n) is 4.09. The molecular formula is C12H14F2N4O. The van der Waals surface area contributed by atoms with Crippen molar-refractivity contribution in [1.29, 1.82) is 5.26 Å². The van der Waals surface area contributed by atoms with E-state index in [1.165, 1.54) is 0 Å². The van der Waals surface area contributed by atoms with E-state index in [9.17, 15) is 8.78 Å². The van der Waals surface area contributed by atoms with Gasteiger partial charge in [0.2, 0.25) is 0 Å². The zero-order chi connectivity index (χ0) is 13.8. The van der Waals surface area contributed by atoms with E-state index in [2.05, 4.69) is 10.3 Å².